The molecule has 0 saturated heterocycles. The summed E-state index contributed by atoms with van der Waals surface area (Å²) in [5, 5.41) is 31.9. The van der Waals surface area contributed by atoms with Gasteiger partial charge in [-0.3, -0.25) is 0 Å². The highest BCUT2D eigenvalue weighted by molar-refractivity contribution is 5.94. The second kappa shape index (κ2) is 6.42. The van der Waals surface area contributed by atoms with E-state index in [0.29, 0.717) is 33.5 Å². The number of aromatic nitrogens is 2. The van der Waals surface area contributed by atoms with Crippen molar-refractivity contribution in [3.63, 3.8) is 0 Å². The standard InChI is InChI=1S/C21H14N2O4/c24-17-7-3-1-5-13(17)19-20(14-6-2-4-8-18(14)25)23-16-11-12(21(26)27)9-10-15(16)22-19/h1-11,24-25H,(H,26,27)/p-1. The Morgan fingerprint density at radius 3 is 2.15 bits per heavy atom. The molecule has 6 nitrogen and oxygen atoms in total. The van der Waals surface area contributed by atoms with Crippen LogP contribution in [0.15, 0.2) is 66.7 Å². The molecule has 132 valence electrons. The zero-order valence-corrected chi connectivity index (χ0v) is 14.0. The number of para-hydroxylation sites is 2. The summed E-state index contributed by atoms with van der Waals surface area (Å²) >= 11 is 0. The van der Waals surface area contributed by atoms with E-state index >= 15 is 0 Å². The van der Waals surface area contributed by atoms with Crippen LogP contribution in [0.3, 0.4) is 0 Å². The van der Waals surface area contributed by atoms with Crippen LogP contribution in [0, 0.1) is 0 Å². The van der Waals surface area contributed by atoms with Crippen molar-refractivity contribution in [2.24, 2.45) is 0 Å². The minimum atomic E-state index is -1.07. The lowest BCUT2D eigenvalue weighted by atomic mass is 10.0. The van der Waals surface area contributed by atoms with E-state index in [9.17, 15) is 20.1 Å². The maximum atomic E-state index is 12.4. The number of fused-ring (bicyclic) bond motifs is 1. The van der Waals surface area contributed by atoms with Crippen molar-refractivity contribution in [2.75, 3.05) is 0 Å². The Hall–Kier alpha value is -3.93. The minimum Gasteiger partial charge on any atom is -0.872 e. The van der Waals surface area contributed by atoms with Crippen LogP contribution in [0.4, 0.5) is 0 Å². The molecule has 0 fully saturated rings. The number of hydrogen-bond donors (Lipinski definition) is 2. The predicted molar refractivity (Wildman–Crippen MR) is 98.5 cm³/mol. The van der Waals surface area contributed by atoms with Crippen molar-refractivity contribution in [3.8, 4) is 34.0 Å². The molecule has 2 N–H and O–H groups in total. The zero-order valence-electron chi connectivity index (χ0n) is 14.0. The average molecular weight is 357 g/mol. The van der Waals surface area contributed by atoms with Gasteiger partial charge < -0.3 is 15.3 Å². The first-order valence-electron chi connectivity index (χ1n) is 8.14. The summed E-state index contributed by atoms with van der Waals surface area (Å²) in [6.45, 7) is 0. The quantitative estimate of drug-likeness (QED) is 0.582. The van der Waals surface area contributed by atoms with Crippen LogP contribution in [0.1, 0.15) is 10.4 Å². The number of nitrogens with zero attached hydrogens (tertiary/aromatic N) is 2. The SMILES string of the molecule is O=C(O)c1ccc2nc(-c3ccccc3[O-])c(-c3ccccc3O)nc2c1. The number of rotatable bonds is 3. The number of carbonyl (C=O) groups is 1. The van der Waals surface area contributed by atoms with Gasteiger partial charge in [-0.25, -0.2) is 14.8 Å². The summed E-state index contributed by atoms with van der Waals surface area (Å²) in [5.74, 6) is -1.30. The van der Waals surface area contributed by atoms with Crippen LogP contribution in [0.25, 0.3) is 33.5 Å². The van der Waals surface area contributed by atoms with Crippen molar-refractivity contribution in [2.45, 2.75) is 0 Å². The Morgan fingerprint density at radius 2 is 1.44 bits per heavy atom. The zero-order chi connectivity index (χ0) is 19.0. The fraction of sp³-hybridized carbons (Fsp3) is 0. The van der Waals surface area contributed by atoms with Gasteiger partial charge >= 0.3 is 5.97 Å². The lowest BCUT2D eigenvalue weighted by Gasteiger charge is -2.16. The van der Waals surface area contributed by atoms with Crippen LogP contribution in [0.5, 0.6) is 11.5 Å². The molecular formula is C21H13N2O4-. The number of carboxylic acid groups (broad SMARTS) is 1. The highest BCUT2D eigenvalue weighted by Crippen LogP contribution is 2.37. The van der Waals surface area contributed by atoms with E-state index in [1.54, 1.807) is 42.5 Å². The summed E-state index contributed by atoms with van der Waals surface area (Å²) < 4.78 is 0. The van der Waals surface area contributed by atoms with Crippen molar-refractivity contribution >= 4 is 17.0 Å². The Labute approximate surface area is 154 Å². The average Bonchev–Trinajstić information content (AvgIpc) is 2.67. The van der Waals surface area contributed by atoms with E-state index in [2.05, 4.69) is 9.97 Å². The maximum absolute atomic E-state index is 12.4. The first-order chi connectivity index (χ1) is 13.0. The molecule has 0 aliphatic carbocycles. The first kappa shape index (κ1) is 16.5. The number of aromatic carboxylic acids is 1. The molecular weight excluding hydrogens is 344 g/mol. The minimum absolute atomic E-state index is 0.00910. The third kappa shape index (κ3) is 2.93. The van der Waals surface area contributed by atoms with Gasteiger partial charge in [-0.1, -0.05) is 42.1 Å². The largest absolute Gasteiger partial charge is 0.872 e. The lowest BCUT2D eigenvalue weighted by Crippen LogP contribution is -2.01. The summed E-state index contributed by atoms with van der Waals surface area (Å²) in [6.07, 6.45) is 0. The normalized spacial score (nSPS) is 10.8. The molecule has 0 unspecified atom stereocenters. The summed E-state index contributed by atoms with van der Waals surface area (Å²) in [6, 6.07) is 17.5. The number of phenolic OH excluding ortho intramolecular Hbond substituents is 1. The van der Waals surface area contributed by atoms with Crippen molar-refractivity contribution < 1.29 is 20.1 Å². The number of phenols is 1. The van der Waals surface area contributed by atoms with E-state index in [4.69, 9.17) is 0 Å². The lowest BCUT2D eigenvalue weighted by molar-refractivity contribution is -0.267. The van der Waals surface area contributed by atoms with E-state index < -0.39 is 5.97 Å². The van der Waals surface area contributed by atoms with Crippen molar-refractivity contribution in [3.05, 3.63) is 72.3 Å². The Balaban J connectivity index is 2.07. The smallest absolute Gasteiger partial charge is 0.335 e. The second-order valence-corrected chi connectivity index (χ2v) is 5.94. The van der Waals surface area contributed by atoms with Crippen LogP contribution < -0.4 is 5.11 Å². The van der Waals surface area contributed by atoms with E-state index in [0.717, 1.165) is 0 Å². The van der Waals surface area contributed by atoms with Crippen molar-refractivity contribution in [1.82, 2.24) is 9.97 Å². The Bertz CT molecular complexity index is 1190. The molecule has 0 aliphatic heterocycles. The molecule has 0 bridgehead atoms. The van der Waals surface area contributed by atoms with Gasteiger partial charge in [-0.2, -0.15) is 0 Å². The molecule has 27 heavy (non-hydrogen) atoms. The van der Waals surface area contributed by atoms with Gasteiger partial charge in [0.2, 0.25) is 0 Å². The van der Waals surface area contributed by atoms with Crippen LogP contribution in [-0.4, -0.2) is 26.2 Å². The van der Waals surface area contributed by atoms with Gasteiger partial charge in [0.15, 0.2) is 0 Å². The maximum Gasteiger partial charge on any atom is 0.335 e. The molecule has 0 amide bonds. The third-order valence-electron chi connectivity index (χ3n) is 4.21. The molecule has 0 saturated carbocycles. The summed E-state index contributed by atoms with van der Waals surface area (Å²) in [5.41, 5.74) is 2.30. The summed E-state index contributed by atoms with van der Waals surface area (Å²) in [4.78, 5) is 20.4. The molecule has 6 heteroatoms. The van der Waals surface area contributed by atoms with Crippen LogP contribution >= 0.6 is 0 Å². The Morgan fingerprint density at radius 1 is 0.815 bits per heavy atom. The highest BCUT2D eigenvalue weighted by atomic mass is 16.4. The van der Waals surface area contributed by atoms with Gasteiger partial charge in [0.05, 0.1) is 22.3 Å². The van der Waals surface area contributed by atoms with Gasteiger partial charge in [0.25, 0.3) is 0 Å². The predicted octanol–water partition coefficient (Wildman–Crippen LogP) is 3.44. The number of benzene rings is 3. The molecule has 1 aromatic heterocycles. The van der Waals surface area contributed by atoms with Gasteiger partial charge in [0.1, 0.15) is 11.4 Å². The summed E-state index contributed by atoms with van der Waals surface area (Å²) in [7, 11) is 0. The van der Waals surface area contributed by atoms with E-state index in [-0.39, 0.29) is 17.1 Å². The molecule has 0 radical (unpaired) electrons. The molecule has 0 spiro atoms. The highest BCUT2D eigenvalue weighted by Gasteiger charge is 2.17. The molecule has 0 atom stereocenters. The van der Waals surface area contributed by atoms with E-state index in [1.165, 1.54) is 24.3 Å². The second-order valence-electron chi connectivity index (χ2n) is 5.94. The topological polar surface area (TPSA) is 106 Å². The Kier molecular flexibility index (Phi) is 3.93. The number of aromatic hydroxyl groups is 1. The van der Waals surface area contributed by atoms with Gasteiger partial charge in [-0.15, -0.1) is 0 Å². The van der Waals surface area contributed by atoms with Gasteiger partial charge in [-0.05, 0) is 35.9 Å². The fourth-order valence-electron chi connectivity index (χ4n) is 2.90. The van der Waals surface area contributed by atoms with E-state index in [1.807, 2.05) is 0 Å². The van der Waals surface area contributed by atoms with Crippen LogP contribution in [-0.2, 0) is 0 Å². The third-order valence-corrected chi connectivity index (χ3v) is 4.21. The molecule has 0 aliphatic rings. The fourth-order valence-corrected chi connectivity index (χ4v) is 2.90. The van der Waals surface area contributed by atoms with Gasteiger partial charge in [0, 0.05) is 5.56 Å². The monoisotopic (exact) mass is 357 g/mol. The molecule has 3 aromatic carbocycles. The molecule has 4 aromatic rings. The number of carboxylic acids is 1. The molecule has 4 rings (SSSR count). The number of hydrogen-bond acceptors (Lipinski definition) is 5. The van der Waals surface area contributed by atoms with Crippen LogP contribution in [0.2, 0.25) is 0 Å². The molecule has 1 heterocycles. The first-order valence-corrected chi connectivity index (χ1v) is 8.14. The van der Waals surface area contributed by atoms with Crippen molar-refractivity contribution in [1.29, 1.82) is 0 Å².